The van der Waals surface area contributed by atoms with E-state index in [-0.39, 0.29) is 5.82 Å². The molecule has 0 aliphatic heterocycles. The van der Waals surface area contributed by atoms with Gasteiger partial charge in [0.05, 0.1) is 23.8 Å². The topological polar surface area (TPSA) is 53.1 Å². The third kappa shape index (κ3) is 2.12. The standard InChI is InChI=1S/C14H11BrFN3O/c1-20-11-5-8(15)4-10(7-11)19-13-3-2-9(16)6-12(13)18-14(19)17/h2-7H,1H3,(H2,17,18). The smallest absolute Gasteiger partial charge is 0.205 e. The first-order valence-electron chi connectivity index (χ1n) is 5.87. The van der Waals surface area contributed by atoms with Crippen LogP contribution in [0.1, 0.15) is 0 Å². The summed E-state index contributed by atoms with van der Waals surface area (Å²) >= 11 is 3.43. The van der Waals surface area contributed by atoms with Crippen LogP contribution in [-0.4, -0.2) is 16.7 Å². The molecule has 2 aromatic carbocycles. The Kier molecular flexibility index (Phi) is 3.10. The molecule has 0 amide bonds. The van der Waals surface area contributed by atoms with Gasteiger partial charge in [0.1, 0.15) is 11.6 Å². The fourth-order valence-corrected chi connectivity index (χ4v) is 2.60. The van der Waals surface area contributed by atoms with Crippen LogP contribution in [0.3, 0.4) is 0 Å². The second-order valence-corrected chi connectivity index (χ2v) is 5.20. The second-order valence-electron chi connectivity index (χ2n) is 4.29. The Balaban J connectivity index is 2.29. The summed E-state index contributed by atoms with van der Waals surface area (Å²) in [7, 11) is 1.59. The van der Waals surface area contributed by atoms with Gasteiger partial charge in [-0.3, -0.25) is 4.57 Å². The van der Waals surface area contributed by atoms with E-state index >= 15 is 0 Å². The van der Waals surface area contributed by atoms with E-state index in [9.17, 15) is 4.39 Å². The van der Waals surface area contributed by atoms with Crippen LogP contribution in [0.4, 0.5) is 10.3 Å². The van der Waals surface area contributed by atoms with Gasteiger partial charge in [0.15, 0.2) is 0 Å². The molecule has 102 valence electrons. The third-order valence-corrected chi connectivity index (χ3v) is 3.45. The van der Waals surface area contributed by atoms with Crippen LogP contribution < -0.4 is 10.5 Å². The van der Waals surface area contributed by atoms with Crippen LogP contribution >= 0.6 is 15.9 Å². The largest absolute Gasteiger partial charge is 0.497 e. The van der Waals surface area contributed by atoms with Gasteiger partial charge in [-0.1, -0.05) is 15.9 Å². The van der Waals surface area contributed by atoms with Gasteiger partial charge in [-0.2, -0.15) is 0 Å². The van der Waals surface area contributed by atoms with E-state index in [0.29, 0.717) is 17.2 Å². The van der Waals surface area contributed by atoms with E-state index in [1.807, 2.05) is 18.2 Å². The number of fused-ring (bicyclic) bond motifs is 1. The zero-order chi connectivity index (χ0) is 14.3. The van der Waals surface area contributed by atoms with Crippen molar-refractivity contribution in [3.8, 4) is 11.4 Å². The highest BCUT2D eigenvalue weighted by molar-refractivity contribution is 9.10. The summed E-state index contributed by atoms with van der Waals surface area (Å²) in [5.74, 6) is 0.650. The number of hydrogen-bond acceptors (Lipinski definition) is 3. The van der Waals surface area contributed by atoms with Crippen molar-refractivity contribution in [2.45, 2.75) is 0 Å². The monoisotopic (exact) mass is 335 g/mol. The number of methoxy groups -OCH3 is 1. The number of anilines is 1. The molecule has 0 saturated heterocycles. The number of aromatic nitrogens is 2. The highest BCUT2D eigenvalue weighted by atomic mass is 79.9. The highest BCUT2D eigenvalue weighted by Gasteiger charge is 2.12. The molecule has 0 atom stereocenters. The van der Waals surface area contributed by atoms with Gasteiger partial charge in [-0.05, 0) is 24.3 Å². The summed E-state index contributed by atoms with van der Waals surface area (Å²) in [6, 6.07) is 9.97. The molecule has 0 saturated carbocycles. The maximum absolute atomic E-state index is 13.2. The minimum Gasteiger partial charge on any atom is -0.497 e. The van der Waals surface area contributed by atoms with Crippen LogP contribution in [0.15, 0.2) is 40.9 Å². The molecule has 3 rings (SSSR count). The van der Waals surface area contributed by atoms with E-state index < -0.39 is 0 Å². The van der Waals surface area contributed by atoms with E-state index in [1.165, 1.54) is 12.1 Å². The first-order valence-corrected chi connectivity index (χ1v) is 6.66. The van der Waals surface area contributed by atoms with Gasteiger partial charge in [-0.15, -0.1) is 0 Å². The van der Waals surface area contributed by atoms with Crippen LogP contribution in [0.25, 0.3) is 16.7 Å². The fourth-order valence-electron chi connectivity index (χ4n) is 2.14. The molecule has 4 nitrogen and oxygen atoms in total. The van der Waals surface area contributed by atoms with Gasteiger partial charge in [-0.25, -0.2) is 9.37 Å². The first-order chi connectivity index (χ1) is 9.58. The van der Waals surface area contributed by atoms with E-state index in [0.717, 1.165) is 15.7 Å². The molecule has 1 aromatic heterocycles. The summed E-state index contributed by atoms with van der Waals surface area (Å²) in [6.07, 6.45) is 0. The number of halogens is 2. The number of ether oxygens (including phenoxy) is 1. The van der Waals surface area contributed by atoms with Gasteiger partial charge >= 0.3 is 0 Å². The molecule has 0 fully saturated rings. The molecule has 6 heteroatoms. The van der Waals surface area contributed by atoms with Crippen molar-refractivity contribution < 1.29 is 9.13 Å². The maximum Gasteiger partial charge on any atom is 0.205 e. The summed E-state index contributed by atoms with van der Waals surface area (Å²) in [5.41, 5.74) is 8.00. The number of benzene rings is 2. The Morgan fingerprint density at radius 3 is 2.80 bits per heavy atom. The minimum absolute atomic E-state index is 0.297. The molecular weight excluding hydrogens is 325 g/mol. The van der Waals surface area contributed by atoms with Crippen molar-refractivity contribution in [1.82, 2.24) is 9.55 Å². The molecule has 0 spiro atoms. The SMILES string of the molecule is COc1cc(Br)cc(-n2c(N)nc3cc(F)ccc32)c1. The molecule has 3 aromatic rings. The lowest BCUT2D eigenvalue weighted by Crippen LogP contribution is -2.01. The van der Waals surface area contributed by atoms with Crippen LogP contribution in [-0.2, 0) is 0 Å². The minimum atomic E-state index is -0.339. The normalized spacial score (nSPS) is 10.9. The Morgan fingerprint density at radius 2 is 2.05 bits per heavy atom. The molecule has 0 aliphatic carbocycles. The summed E-state index contributed by atoms with van der Waals surface area (Å²) in [5, 5.41) is 0. The van der Waals surface area contributed by atoms with Crippen molar-refractivity contribution in [3.63, 3.8) is 0 Å². The highest BCUT2D eigenvalue weighted by Crippen LogP contribution is 2.29. The summed E-state index contributed by atoms with van der Waals surface area (Å²) < 4.78 is 21.1. The Hall–Kier alpha value is -2.08. The number of imidazole rings is 1. The van der Waals surface area contributed by atoms with Crippen LogP contribution in [0.5, 0.6) is 5.75 Å². The number of rotatable bonds is 2. The van der Waals surface area contributed by atoms with Gasteiger partial charge in [0.2, 0.25) is 5.95 Å². The lowest BCUT2D eigenvalue weighted by molar-refractivity contribution is 0.414. The van der Waals surface area contributed by atoms with E-state index in [1.54, 1.807) is 17.7 Å². The number of nitrogens with zero attached hydrogens (tertiary/aromatic N) is 2. The molecule has 1 heterocycles. The molecular formula is C14H11BrFN3O. The third-order valence-electron chi connectivity index (χ3n) is 2.99. The van der Waals surface area contributed by atoms with Gasteiger partial charge < -0.3 is 10.5 Å². The number of nitrogens with two attached hydrogens (primary N) is 1. The molecule has 2 N–H and O–H groups in total. The maximum atomic E-state index is 13.2. The predicted octanol–water partition coefficient (Wildman–Crippen LogP) is 3.52. The number of hydrogen-bond donors (Lipinski definition) is 1. The average Bonchev–Trinajstić information content (AvgIpc) is 2.72. The Labute approximate surface area is 123 Å². The van der Waals surface area contributed by atoms with Crippen molar-refractivity contribution in [1.29, 1.82) is 0 Å². The predicted molar refractivity (Wildman–Crippen MR) is 79.7 cm³/mol. The van der Waals surface area contributed by atoms with E-state index in [4.69, 9.17) is 10.5 Å². The molecule has 0 aliphatic rings. The van der Waals surface area contributed by atoms with Gasteiger partial charge in [0.25, 0.3) is 0 Å². The van der Waals surface area contributed by atoms with E-state index in [2.05, 4.69) is 20.9 Å². The van der Waals surface area contributed by atoms with Crippen molar-refractivity contribution >= 4 is 32.9 Å². The van der Waals surface area contributed by atoms with Crippen LogP contribution in [0, 0.1) is 5.82 Å². The van der Waals surface area contributed by atoms with Gasteiger partial charge in [0, 0.05) is 16.6 Å². The first kappa shape index (κ1) is 12.9. The Morgan fingerprint density at radius 1 is 1.25 bits per heavy atom. The second kappa shape index (κ2) is 4.79. The lowest BCUT2D eigenvalue weighted by atomic mass is 10.2. The quantitative estimate of drug-likeness (QED) is 0.779. The molecule has 0 unspecified atom stereocenters. The lowest BCUT2D eigenvalue weighted by Gasteiger charge is -2.09. The molecule has 0 radical (unpaired) electrons. The Bertz CT molecular complexity index is 800. The van der Waals surface area contributed by atoms with Crippen LogP contribution in [0.2, 0.25) is 0 Å². The summed E-state index contributed by atoms with van der Waals surface area (Å²) in [6.45, 7) is 0. The zero-order valence-corrected chi connectivity index (χ0v) is 12.2. The zero-order valence-electron chi connectivity index (χ0n) is 10.6. The van der Waals surface area contributed by atoms with Crippen molar-refractivity contribution in [2.24, 2.45) is 0 Å². The number of nitrogen functional groups attached to an aromatic ring is 1. The molecule has 20 heavy (non-hydrogen) atoms. The fraction of sp³-hybridized carbons (Fsp3) is 0.0714. The van der Waals surface area contributed by atoms with Crippen molar-refractivity contribution in [3.05, 3.63) is 46.7 Å². The van der Waals surface area contributed by atoms with Crippen molar-refractivity contribution in [2.75, 3.05) is 12.8 Å². The summed E-state index contributed by atoms with van der Waals surface area (Å²) in [4.78, 5) is 4.18. The molecule has 0 bridgehead atoms. The average molecular weight is 336 g/mol.